The van der Waals surface area contributed by atoms with Gasteiger partial charge in [0.2, 0.25) is 0 Å². The molecule has 3 heteroatoms. The zero-order valence-corrected chi connectivity index (χ0v) is 10.6. The van der Waals surface area contributed by atoms with Crippen LogP contribution in [0.4, 0.5) is 0 Å². The fourth-order valence-corrected chi connectivity index (χ4v) is 2.46. The van der Waals surface area contributed by atoms with Gasteiger partial charge < -0.3 is 15.2 Å². The Morgan fingerprint density at radius 2 is 2.24 bits per heavy atom. The third-order valence-corrected chi connectivity index (χ3v) is 3.50. The topological polar surface area (TPSA) is 41.5 Å². The van der Waals surface area contributed by atoms with Crippen molar-refractivity contribution in [3.05, 3.63) is 29.3 Å². The molecule has 3 nitrogen and oxygen atoms in total. The monoisotopic (exact) mass is 235 g/mol. The summed E-state index contributed by atoms with van der Waals surface area (Å²) in [5.41, 5.74) is 1.96. The van der Waals surface area contributed by atoms with Crippen molar-refractivity contribution in [2.24, 2.45) is 0 Å². The molecule has 1 unspecified atom stereocenters. The average molecular weight is 235 g/mol. The second-order valence-electron chi connectivity index (χ2n) is 4.82. The van der Waals surface area contributed by atoms with Gasteiger partial charge in [-0.15, -0.1) is 0 Å². The summed E-state index contributed by atoms with van der Waals surface area (Å²) in [7, 11) is 1.68. The molecule has 0 saturated carbocycles. The van der Waals surface area contributed by atoms with Crippen LogP contribution in [-0.4, -0.2) is 30.9 Å². The lowest BCUT2D eigenvalue weighted by Gasteiger charge is -2.33. The van der Waals surface area contributed by atoms with Gasteiger partial charge in [0.15, 0.2) is 0 Å². The van der Waals surface area contributed by atoms with E-state index in [0.717, 1.165) is 25.1 Å². The van der Waals surface area contributed by atoms with Crippen molar-refractivity contribution in [2.45, 2.75) is 31.8 Å². The molecule has 1 aromatic rings. The Hall–Kier alpha value is -1.06. The summed E-state index contributed by atoms with van der Waals surface area (Å²) in [6.45, 7) is 3.62. The predicted octanol–water partition coefficient (Wildman–Crippen LogP) is 1.52. The van der Waals surface area contributed by atoms with Gasteiger partial charge in [0, 0.05) is 13.0 Å². The largest absolute Gasteiger partial charge is 0.497 e. The highest BCUT2D eigenvalue weighted by atomic mass is 16.5. The van der Waals surface area contributed by atoms with Crippen molar-refractivity contribution < 1.29 is 9.84 Å². The smallest absolute Gasteiger partial charge is 0.119 e. The molecule has 0 aliphatic heterocycles. The van der Waals surface area contributed by atoms with E-state index in [9.17, 15) is 5.11 Å². The molecular weight excluding hydrogens is 214 g/mol. The molecule has 0 bridgehead atoms. The number of nitrogens with one attached hydrogen (secondary N) is 1. The van der Waals surface area contributed by atoms with Crippen LogP contribution < -0.4 is 10.1 Å². The fourth-order valence-electron chi connectivity index (χ4n) is 2.46. The second-order valence-corrected chi connectivity index (χ2v) is 4.82. The summed E-state index contributed by atoms with van der Waals surface area (Å²) in [6, 6.07) is 6.15. The molecule has 1 aliphatic rings. The van der Waals surface area contributed by atoms with Gasteiger partial charge in [0.1, 0.15) is 5.75 Å². The minimum atomic E-state index is -0.602. The number of aryl methyl sites for hydroxylation is 1. The van der Waals surface area contributed by atoms with Crippen LogP contribution in [0.1, 0.15) is 24.5 Å². The molecule has 1 atom stereocenters. The standard InChI is InChI=1S/C14H21NO2/c1-3-15-10-14(16)7-6-11-4-5-13(17-2)8-12(11)9-14/h4-5,8,15-16H,3,6-7,9-10H2,1-2H3. The van der Waals surface area contributed by atoms with Crippen molar-refractivity contribution in [1.82, 2.24) is 5.32 Å². The van der Waals surface area contributed by atoms with Crippen molar-refractivity contribution in [3.8, 4) is 5.75 Å². The Bertz CT molecular complexity index is 392. The molecular formula is C14H21NO2. The van der Waals surface area contributed by atoms with Gasteiger partial charge in [-0.1, -0.05) is 13.0 Å². The van der Waals surface area contributed by atoms with E-state index in [4.69, 9.17) is 4.74 Å². The first-order valence-electron chi connectivity index (χ1n) is 6.26. The number of benzene rings is 1. The summed E-state index contributed by atoms with van der Waals surface area (Å²) in [4.78, 5) is 0. The molecule has 0 radical (unpaired) electrons. The van der Waals surface area contributed by atoms with Gasteiger partial charge in [0.05, 0.1) is 12.7 Å². The van der Waals surface area contributed by atoms with E-state index >= 15 is 0 Å². The third-order valence-electron chi connectivity index (χ3n) is 3.50. The molecule has 1 aromatic carbocycles. The number of hydrogen-bond acceptors (Lipinski definition) is 3. The fraction of sp³-hybridized carbons (Fsp3) is 0.571. The SMILES string of the molecule is CCNCC1(O)CCc2ccc(OC)cc2C1. The van der Waals surface area contributed by atoms with Gasteiger partial charge in [-0.05, 0) is 42.6 Å². The third kappa shape index (κ3) is 2.79. The molecule has 94 valence electrons. The first kappa shape index (κ1) is 12.4. The molecule has 0 heterocycles. The molecule has 2 N–H and O–H groups in total. The Balaban J connectivity index is 2.16. The molecule has 0 saturated heterocycles. The van der Waals surface area contributed by atoms with E-state index in [1.54, 1.807) is 7.11 Å². The van der Waals surface area contributed by atoms with Crippen molar-refractivity contribution >= 4 is 0 Å². The van der Waals surface area contributed by atoms with Crippen LogP contribution in [0.5, 0.6) is 5.75 Å². The van der Waals surface area contributed by atoms with E-state index in [1.165, 1.54) is 11.1 Å². The molecule has 0 fully saturated rings. The van der Waals surface area contributed by atoms with Crippen LogP contribution in [0.2, 0.25) is 0 Å². The highest BCUT2D eigenvalue weighted by Gasteiger charge is 2.31. The summed E-state index contributed by atoms with van der Waals surface area (Å²) in [5.74, 6) is 0.872. The van der Waals surface area contributed by atoms with Gasteiger partial charge in [0.25, 0.3) is 0 Å². The second kappa shape index (κ2) is 5.07. The lowest BCUT2D eigenvalue weighted by atomic mass is 9.80. The summed E-state index contributed by atoms with van der Waals surface area (Å²) < 4.78 is 5.23. The average Bonchev–Trinajstić information content (AvgIpc) is 2.35. The first-order chi connectivity index (χ1) is 8.17. The zero-order chi connectivity index (χ0) is 12.3. The van der Waals surface area contributed by atoms with E-state index in [1.807, 2.05) is 12.1 Å². The van der Waals surface area contributed by atoms with Crippen molar-refractivity contribution in [2.75, 3.05) is 20.2 Å². The maximum atomic E-state index is 10.5. The van der Waals surface area contributed by atoms with Crippen molar-refractivity contribution in [3.63, 3.8) is 0 Å². The van der Waals surface area contributed by atoms with Gasteiger partial charge in [-0.2, -0.15) is 0 Å². The highest BCUT2D eigenvalue weighted by molar-refractivity contribution is 5.38. The van der Waals surface area contributed by atoms with Crippen LogP contribution in [0.15, 0.2) is 18.2 Å². The van der Waals surface area contributed by atoms with Gasteiger partial charge >= 0.3 is 0 Å². The number of likely N-dealkylation sites (N-methyl/N-ethyl adjacent to an activating group) is 1. The Morgan fingerprint density at radius 3 is 2.94 bits per heavy atom. The number of rotatable bonds is 4. The van der Waals surface area contributed by atoms with Gasteiger partial charge in [-0.25, -0.2) is 0 Å². The van der Waals surface area contributed by atoms with E-state index in [0.29, 0.717) is 13.0 Å². The molecule has 0 spiro atoms. The summed E-state index contributed by atoms with van der Waals surface area (Å²) >= 11 is 0. The van der Waals surface area contributed by atoms with E-state index < -0.39 is 5.60 Å². The number of hydrogen-bond donors (Lipinski definition) is 2. The van der Waals surface area contributed by atoms with Crippen LogP contribution in [0, 0.1) is 0 Å². The van der Waals surface area contributed by atoms with Crippen LogP contribution in [0.25, 0.3) is 0 Å². The highest BCUT2D eigenvalue weighted by Crippen LogP contribution is 2.30. The van der Waals surface area contributed by atoms with Crippen LogP contribution in [0.3, 0.4) is 0 Å². The maximum absolute atomic E-state index is 10.5. The number of ether oxygens (including phenoxy) is 1. The molecule has 0 amide bonds. The van der Waals surface area contributed by atoms with Gasteiger partial charge in [-0.3, -0.25) is 0 Å². The predicted molar refractivity (Wildman–Crippen MR) is 68.5 cm³/mol. The minimum Gasteiger partial charge on any atom is -0.497 e. The van der Waals surface area contributed by atoms with Crippen molar-refractivity contribution in [1.29, 1.82) is 0 Å². The van der Waals surface area contributed by atoms with E-state index in [2.05, 4.69) is 18.3 Å². The maximum Gasteiger partial charge on any atom is 0.119 e. The first-order valence-corrected chi connectivity index (χ1v) is 6.26. The lowest BCUT2D eigenvalue weighted by molar-refractivity contribution is 0.0272. The molecule has 1 aliphatic carbocycles. The Labute approximate surface area is 103 Å². The number of methoxy groups -OCH3 is 1. The quantitative estimate of drug-likeness (QED) is 0.831. The zero-order valence-electron chi connectivity index (χ0n) is 10.6. The normalized spacial score (nSPS) is 23.2. The summed E-state index contributed by atoms with van der Waals surface area (Å²) in [6.07, 6.45) is 2.49. The number of aliphatic hydroxyl groups is 1. The minimum absolute atomic E-state index is 0.602. The van der Waals surface area contributed by atoms with E-state index in [-0.39, 0.29) is 0 Å². The summed E-state index contributed by atoms with van der Waals surface area (Å²) in [5, 5.41) is 13.7. The Kier molecular flexibility index (Phi) is 3.69. The number of fused-ring (bicyclic) bond motifs is 1. The van der Waals surface area contributed by atoms with Crippen LogP contribution >= 0.6 is 0 Å². The molecule has 17 heavy (non-hydrogen) atoms. The molecule has 2 rings (SSSR count). The Morgan fingerprint density at radius 1 is 1.41 bits per heavy atom. The lowest BCUT2D eigenvalue weighted by Crippen LogP contribution is -2.45. The molecule has 0 aromatic heterocycles. The van der Waals surface area contributed by atoms with Crippen LogP contribution in [-0.2, 0) is 12.8 Å².